The van der Waals surface area contributed by atoms with E-state index in [-0.39, 0.29) is 0 Å². The standard InChI is InChI=1S/C15H21ClN2O/c1-19-13-5-6-14(16)15(10-13)18-9-8-17-7-3-2-4-12(17)11-18/h5-6,10,12H,2-4,7-9,11H2,1H3. The predicted molar refractivity (Wildman–Crippen MR) is 79.4 cm³/mol. The van der Waals surface area contributed by atoms with Gasteiger partial charge in [0.2, 0.25) is 0 Å². The van der Waals surface area contributed by atoms with Gasteiger partial charge in [0.15, 0.2) is 0 Å². The highest BCUT2D eigenvalue weighted by molar-refractivity contribution is 6.33. The average molecular weight is 281 g/mol. The Morgan fingerprint density at radius 2 is 2.11 bits per heavy atom. The number of piperazine rings is 1. The number of anilines is 1. The fourth-order valence-electron chi connectivity index (χ4n) is 3.24. The first-order valence-electron chi connectivity index (χ1n) is 7.10. The summed E-state index contributed by atoms with van der Waals surface area (Å²) in [6.45, 7) is 4.57. The van der Waals surface area contributed by atoms with E-state index in [1.165, 1.54) is 25.8 Å². The van der Waals surface area contributed by atoms with Crippen molar-refractivity contribution in [3.63, 3.8) is 0 Å². The van der Waals surface area contributed by atoms with Gasteiger partial charge in [0.25, 0.3) is 0 Å². The lowest BCUT2D eigenvalue weighted by Gasteiger charge is -2.45. The molecule has 3 nitrogen and oxygen atoms in total. The van der Waals surface area contributed by atoms with Crippen molar-refractivity contribution in [2.24, 2.45) is 0 Å². The monoisotopic (exact) mass is 280 g/mol. The van der Waals surface area contributed by atoms with Gasteiger partial charge >= 0.3 is 0 Å². The van der Waals surface area contributed by atoms with E-state index in [9.17, 15) is 0 Å². The lowest BCUT2D eigenvalue weighted by atomic mass is 9.99. The van der Waals surface area contributed by atoms with E-state index in [2.05, 4.69) is 15.9 Å². The van der Waals surface area contributed by atoms with Crippen LogP contribution in [0.4, 0.5) is 5.69 Å². The molecule has 2 saturated heterocycles. The molecule has 4 heteroatoms. The predicted octanol–water partition coefficient (Wildman–Crippen LogP) is 3.02. The Kier molecular flexibility index (Phi) is 3.85. The minimum Gasteiger partial charge on any atom is -0.497 e. The maximum Gasteiger partial charge on any atom is 0.121 e. The highest BCUT2D eigenvalue weighted by Gasteiger charge is 2.29. The minimum absolute atomic E-state index is 0.699. The van der Waals surface area contributed by atoms with Crippen molar-refractivity contribution in [2.45, 2.75) is 25.3 Å². The number of hydrogen-bond acceptors (Lipinski definition) is 3. The molecule has 3 rings (SSSR count). The van der Waals surface area contributed by atoms with E-state index in [1.807, 2.05) is 12.1 Å². The average Bonchev–Trinajstić information content (AvgIpc) is 2.47. The molecule has 1 unspecified atom stereocenters. The van der Waals surface area contributed by atoms with Crippen LogP contribution in [0, 0.1) is 0 Å². The van der Waals surface area contributed by atoms with Crippen LogP contribution in [0.15, 0.2) is 18.2 Å². The first-order valence-corrected chi connectivity index (χ1v) is 7.48. The molecule has 0 aromatic heterocycles. The van der Waals surface area contributed by atoms with Crippen LogP contribution in [-0.4, -0.2) is 44.2 Å². The van der Waals surface area contributed by atoms with Gasteiger partial charge in [-0.05, 0) is 31.5 Å². The van der Waals surface area contributed by atoms with Gasteiger partial charge in [0, 0.05) is 31.7 Å². The molecule has 1 aromatic rings. The third-order valence-corrected chi connectivity index (χ3v) is 4.65. The summed E-state index contributed by atoms with van der Waals surface area (Å²) in [7, 11) is 1.70. The van der Waals surface area contributed by atoms with Gasteiger partial charge < -0.3 is 9.64 Å². The summed E-state index contributed by atoms with van der Waals surface area (Å²) in [6.07, 6.45) is 4.04. The third kappa shape index (κ3) is 2.67. The highest BCUT2D eigenvalue weighted by atomic mass is 35.5. The van der Waals surface area contributed by atoms with Gasteiger partial charge in [-0.2, -0.15) is 0 Å². The van der Waals surface area contributed by atoms with Crippen LogP contribution in [0.5, 0.6) is 5.75 Å². The Hall–Kier alpha value is -0.930. The van der Waals surface area contributed by atoms with Crippen molar-refractivity contribution in [3.05, 3.63) is 23.2 Å². The Labute approximate surface area is 120 Å². The summed E-state index contributed by atoms with van der Waals surface area (Å²) in [5.41, 5.74) is 1.12. The van der Waals surface area contributed by atoms with Crippen molar-refractivity contribution in [2.75, 3.05) is 38.2 Å². The maximum atomic E-state index is 6.35. The second-order valence-electron chi connectivity index (χ2n) is 5.45. The normalized spacial score (nSPS) is 24.1. The van der Waals surface area contributed by atoms with E-state index in [0.29, 0.717) is 6.04 Å². The lowest BCUT2D eigenvalue weighted by Crippen LogP contribution is -2.54. The number of hydrogen-bond donors (Lipinski definition) is 0. The van der Waals surface area contributed by atoms with Crippen LogP contribution in [0.25, 0.3) is 0 Å². The van der Waals surface area contributed by atoms with Crippen molar-refractivity contribution >= 4 is 17.3 Å². The number of nitrogens with zero attached hydrogens (tertiary/aromatic N) is 2. The fourth-order valence-corrected chi connectivity index (χ4v) is 3.47. The Bertz CT molecular complexity index is 452. The van der Waals surface area contributed by atoms with Gasteiger partial charge in [-0.3, -0.25) is 4.90 Å². The highest BCUT2D eigenvalue weighted by Crippen LogP contribution is 2.32. The quantitative estimate of drug-likeness (QED) is 0.828. The Morgan fingerprint density at radius 3 is 2.95 bits per heavy atom. The molecule has 0 bridgehead atoms. The largest absolute Gasteiger partial charge is 0.497 e. The number of piperidine rings is 1. The van der Waals surface area contributed by atoms with Crippen molar-refractivity contribution < 1.29 is 4.74 Å². The molecule has 0 radical (unpaired) electrons. The maximum absolute atomic E-state index is 6.35. The minimum atomic E-state index is 0.699. The molecule has 104 valence electrons. The molecule has 0 N–H and O–H groups in total. The van der Waals surface area contributed by atoms with E-state index in [4.69, 9.17) is 16.3 Å². The summed E-state index contributed by atoms with van der Waals surface area (Å²) >= 11 is 6.35. The van der Waals surface area contributed by atoms with Gasteiger partial charge in [-0.1, -0.05) is 18.0 Å². The van der Waals surface area contributed by atoms with E-state index < -0.39 is 0 Å². The molecule has 2 aliphatic rings. The number of benzene rings is 1. The summed E-state index contributed by atoms with van der Waals surface area (Å²) in [5, 5.41) is 0.824. The van der Waals surface area contributed by atoms with Gasteiger partial charge in [0.05, 0.1) is 17.8 Å². The molecule has 0 amide bonds. The molecule has 0 spiro atoms. The molecular weight excluding hydrogens is 260 g/mol. The molecule has 2 heterocycles. The zero-order valence-corrected chi connectivity index (χ0v) is 12.2. The zero-order valence-electron chi connectivity index (χ0n) is 11.4. The van der Waals surface area contributed by atoms with Crippen LogP contribution >= 0.6 is 11.6 Å². The smallest absolute Gasteiger partial charge is 0.121 e. The second kappa shape index (κ2) is 5.59. The summed E-state index contributed by atoms with van der Waals surface area (Å²) in [6, 6.07) is 6.61. The van der Waals surface area contributed by atoms with Crippen LogP contribution in [0.1, 0.15) is 19.3 Å². The van der Waals surface area contributed by atoms with Gasteiger partial charge in [-0.15, -0.1) is 0 Å². The lowest BCUT2D eigenvalue weighted by molar-refractivity contribution is 0.133. The Morgan fingerprint density at radius 1 is 1.21 bits per heavy atom. The molecule has 2 aliphatic heterocycles. The first kappa shape index (κ1) is 13.1. The van der Waals surface area contributed by atoms with Crippen LogP contribution in [-0.2, 0) is 0 Å². The van der Waals surface area contributed by atoms with E-state index in [0.717, 1.165) is 36.1 Å². The van der Waals surface area contributed by atoms with Gasteiger partial charge in [-0.25, -0.2) is 0 Å². The molecule has 2 fully saturated rings. The van der Waals surface area contributed by atoms with E-state index >= 15 is 0 Å². The van der Waals surface area contributed by atoms with E-state index in [1.54, 1.807) is 7.11 Å². The molecule has 0 aliphatic carbocycles. The third-order valence-electron chi connectivity index (χ3n) is 4.33. The molecular formula is C15H21ClN2O. The van der Waals surface area contributed by atoms with Crippen LogP contribution < -0.4 is 9.64 Å². The summed E-state index contributed by atoms with van der Waals surface area (Å²) in [4.78, 5) is 5.05. The number of rotatable bonds is 2. The van der Waals surface area contributed by atoms with Crippen molar-refractivity contribution in [1.82, 2.24) is 4.90 Å². The topological polar surface area (TPSA) is 15.7 Å². The van der Waals surface area contributed by atoms with Crippen molar-refractivity contribution in [1.29, 1.82) is 0 Å². The SMILES string of the molecule is COc1ccc(Cl)c(N2CCN3CCCCC3C2)c1. The summed E-state index contributed by atoms with van der Waals surface area (Å²) < 4.78 is 5.31. The molecule has 1 aromatic carbocycles. The van der Waals surface area contributed by atoms with Crippen LogP contribution in [0.2, 0.25) is 5.02 Å². The van der Waals surface area contributed by atoms with Crippen LogP contribution in [0.3, 0.4) is 0 Å². The second-order valence-corrected chi connectivity index (χ2v) is 5.86. The van der Waals surface area contributed by atoms with Crippen molar-refractivity contribution in [3.8, 4) is 5.75 Å². The Balaban J connectivity index is 1.79. The van der Waals surface area contributed by atoms with Gasteiger partial charge in [0.1, 0.15) is 5.75 Å². The zero-order chi connectivity index (χ0) is 13.2. The fraction of sp³-hybridized carbons (Fsp3) is 0.600. The number of methoxy groups -OCH3 is 1. The first-order chi connectivity index (χ1) is 9.28. The summed E-state index contributed by atoms with van der Waals surface area (Å²) in [5.74, 6) is 0.880. The number of ether oxygens (including phenoxy) is 1. The molecule has 1 atom stereocenters. The number of halogens is 1. The molecule has 0 saturated carbocycles. The molecule has 19 heavy (non-hydrogen) atoms. The number of fused-ring (bicyclic) bond motifs is 1.